The van der Waals surface area contributed by atoms with Gasteiger partial charge in [0.25, 0.3) is 0 Å². The van der Waals surface area contributed by atoms with E-state index in [-0.39, 0.29) is 22.9 Å². The van der Waals surface area contributed by atoms with Gasteiger partial charge in [-0.05, 0) is 70.0 Å². The summed E-state index contributed by atoms with van der Waals surface area (Å²) in [4.78, 5) is 0. The number of fused-ring (bicyclic) bond motifs is 1. The summed E-state index contributed by atoms with van der Waals surface area (Å²) in [6.07, 6.45) is 10.6. The Kier molecular flexibility index (Phi) is 2.25. The van der Waals surface area contributed by atoms with Gasteiger partial charge >= 0.3 is 0 Å². The number of aliphatic hydroxyl groups is 2. The van der Waals surface area contributed by atoms with Crippen molar-refractivity contribution < 1.29 is 18.4 Å². The van der Waals surface area contributed by atoms with Crippen LogP contribution >= 0.6 is 0 Å². The summed E-state index contributed by atoms with van der Waals surface area (Å²) < 4.78 is 44.9. The van der Waals surface area contributed by atoms with Crippen LogP contribution in [0.2, 0.25) is 0 Å². The van der Waals surface area contributed by atoms with Crippen LogP contribution in [0.5, 0.6) is 0 Å². The van der Waals surface area contributed by atoms with E-state index in [2.05, 4.69) is 13.0 Å². The first kappa shape index (κ1) is 9.52. The van der Waals surface area contributed by atoms with Gasteiger partial charge in [-0.1, -0.05) is 30.7 Å². The number of hydrogen-bond donors (Lipinski definition) is 2. The molecule has 3 rings (SSSR count). The average molecular weight is 296 g/mol. The van der Waals surface area contributed by atoms with Crippen molar-refractivity contribution in [2.24, 2.45) is 16.7 Å². The fraction of sp³-hybridized carbons (Fsp3) is 0.789. The summed E-state index contributed by atoms with van der Waals surface area (Å²) in [5, 5.41) is 20.8. The summed E-state index contributed by atoms with van der Waals surface area (Å²) >= 11 is 0. The smallest absolute Gasteiger partial charge is 0.0626 e. The molecule has 21 heavy (non-hydrogen) atoms. The summed E-state index contributed by atoms with van der Waals surface area (Å²) in [7, 11) is 0. The highest BCUT2D eigenvalue weighted by Crippen LogP contribution is 2.65. The van der Waals surface area contributed by atoms with Crippen molar-refractivity contribution in [3.63, 3.8) is 0 Å². The molecular weight excluding hydrogens is 260 g/mol. The van der Waals surface area contributed by atoms with Crippen molar-refractivity contribution in [1.82, 2.24) is 0 Å². The largest absolute Gasteiger partial charge is 0.393 e. The highest BCUT2D eigenvalue weighted by atomic mass is 16.3. The molecule has 2 N–H and O–H groups in total. The Morgan fingerprint density at radius 3 is 2.86 bits per heavy atom. The zero-order valence-electron chi connectivity index (χ0n) is 18.7. The molecule has 2 heteroatoms. The standard InChI is InChI=1S/C19H30O2/c1-17(2,21)9-5-11-19(12-13-19)16-8-7-14-15(20)6-4-10-18(14,16)3/h5,8,11,14-15,20-21H,4,6-7,9-10,12-13H2,1-3H3/t14-,15-,18+/m0/s1/i1D3,2D3. The second kappa shape index (κ2) is 4.96. The van der Waals surface area contributed by atoms with Crippen LogP contribution < -0.4 is 0 Å². The molecule has 0 saturated heterocycles. The van der Waals surface area contributed by atoms with Crippen LogP contribution in [-0.2, 0) is 0 Å². The first-order valence-corrected chi connectivity index (χ1v) is 8.06. The Balaban J connectivity index is 1.80. The predicted molar refractivity (Wildman–Crippen MR) is 85.9 cm³/mol. The van der Waals surface area contributed by atoms with E-state index < -0.39 is 25.7 Å². The van der Waals surface area contributed by atoms with Crippen LogP contribution in [0.4, 0.5) is 0 Å². The Morgan fingerprint density at radius 1 is 1.43 bits per heavy atom. The van der Waals surface area contributed by atoms with Crippen LogP contribution in [0.15, 0.2) is 23.8 Å². The fourth-order valence-electron chi connectivity index (χ4n) is 4.61. The quantitative estimate of drug-likeness (QED) is 0.770. The molecule has 3 atom stereocenters. The van der Waals surface area contributed by atoms with E-state index in [0.717, 1.165) is 38.5 Å². The van der Waals surface area contributed by atoms with E-state index in [1.165, 1.54) is 5.57 Å². The van der Waals surface area contributed by atoms with Crippen molar-refractivity contribution in [1.29, 1.82) is 0 Å². The third kappa shape index (κ3) is 2.73. The van der Waals surface area contributed by atoms with Gasteiger partial charge < -0.3 is 10.2 Å². The van der Waals surface area contributed by atoms with Crippen LogP contribution in [-0.4, -0.2) is 21.9 Å². The average Bonchev–Trinajstić information content (AvgIpc) is 3.19. The molecule has 118 valence electrons. The lowest BCUT2D eigenvalue weighted by molar-refractivity contribution is 0.00795. The van der Waals surface area contributed by atoms with E-state index in [9.17, 15) is 10.2 Å². The molecule has 0 aromatic heterocycles. The maximum Gasteiger partial charge on any atom is 0.0626 e. The molecular formula is C19H30O2. The molecule has 0 amide bonds. The van der Waals surface area contributed by atoms with Crippen LogP contribution in [0.25, 0.3) is 0 Å². The van der Waals surface area contributed by atoms with E-state index in [1.54, 1.807) is 6.08 Å². The van der Waals surface area contributed by atoms with Gasteiger partial charge in [-0.2, -0.15) is 0 Å². The van der Waals surface area contributed by atoms with E-state index in [4.69, 9.17) is 8.22 Å². The zero-order valence-corrected chi connectivity index (χ0v) is 12.7. The van der Waals surface area contributed by atoms with Crippen LogP contribution in [0.3, 0.4) is 0 Å². The lowest BCUT2D eigenvalue weighted by Crippen LogP contribution is -2.39. The molecule has 0 aromatic rings. The van der Waals surface area contributed by atoms with Gasteiger partial charge in [0, 0.05) is 13.6 Å². The van der Waals surface area contributed by atoms with Gasteiger partial charge in [0.2, 0.25) is 0 Å². The molecule has 0 heterocycles. The molecule has 2 saturated carbocycles. The Labute approximate surface area is 137 Å². The minimum atomic E-state index is -2.99. The summed E-state index contributed by atoms with van der Waals surface area (Å²) in [5.41, 5.74) is -1.67. The van der Waals surface area contributed by atoms with Crippen molar-refractivity contribution >= 4 is 0 Å². The third-order valence-electron chi connectivity index (χ3n) is 5.85. The molecule has 2 nitrogen and oxygen atoms in total. The molecule has 3 aliphatic carbocycles. The molecule has 0 aliphatic heterocycles. The zero-order chi connectivity index (χ0) is 20.3. The fourth-order valence-corrected chi connectivity index (χ4v) is 4.61. The van der Waals surface area contributed by atoms with Gasteiger partial charge in [0.1, 0.15) is 0 Å². The predicted octanol–water partition coefficient (Wildman–Crippen LogP) is 3.98. The van der Waals surface area contributed by atoms with E-state index >= 15 is 0 Å². The number of rotatable bonds is 4. The Bertz CT molecular complexity index is 630. The van der Waals surface area contributed by atoms with Crippen molar-refractivity contribution in [3.05, 3.63) is 23.8 Å². The molecule has 3 aliphatic rings. The normalized spacial score (nSPS) is 43.9. The molecule has 2 fully saturated rings. The minimum absolute atomic E-state index is 0.0527. The molecule has 0 radical (unpaired) electrons. The lowest BCUT2D eigenvalue weighted by Gasteiger charge is -2.44. The van der Waals surface area contributed by atoms with Crippen LogP contribution in [0, 0.1) is 16.7 Å². The van der Waals surface area contributed by atoms with Gasteiger partial charge in [-0.15, -0.1) is 0 Å². The van der Waals surface area contributed by atoms with Crippen LogP contribution in [0.1, 0.15) is 73.8 Å². The molecule has 0 spiro atoms. The maximum absolute atomic E-state index is 10.4. The van der Waals surface area contributed by atoms with Gasteiger partial charge in [-0.3, -0.25) is 0 Å². The van der Waals surface area contributed by atoms with E-state index in [1.807, 2.05) is 6.08 Å². The Hall–Kier alpha value is -0.600. The van der Waals surface area contributed by atoms with E-state index in [0.29, 0.717) is 0 Å². The first-order valence-electron chi connectivity index (χ1n) is 11.1. The Morgan fingerprint density at radius 2 is 2.19 bits per heavy atom. The molecule has 0 unspecified atom stereocenters. The molecule has 0 bridgehead atoms. The second-order valence-corrected chi connectivity index (χ2v) is 7.46. The number of hydrogen-bond acceptors (Lipinski definition) is 2. The van der Waals surface area contributed by atoms with Gasteiger partial charge in [0.15, 0.2) is 0 Å². The van der Waals surface area contributed by atoms with Crippen molar-refractivity contribution in [2.45, 2.75) is 77.3 Å². The second-order valence-electron chi connectivity index (χ2n) is 7.46. The minimum Gasteiger partial charge on any atom is -0.393 e. The number of allylic oxidation sites excluding steroid dienone is 3. The first-order chi connectivity index (χ1) is 12.3. The highest BCUT2D eigenvalue weighted by molar-refractivity contribution is 5.39. The van der Waals surface area contributed by atoms with Gasteiger partial charge in [0.05, 0.1) is 11.7 Å². The SMILES string of the molecule is [2H]C([2H])([2H])C(O)(CC=CC1(C2=CC[C@H]3[C@@H](O)CCC[C@@]23C)CC1)C([2H])([2H])[2H]. The third-order valence-corrected chi connectivity index (χ3v) is 5.85. The lowest BCUT2D eigenvalue weighted by atomic mass is 9.62. The topological polar surface area (TPSA) is 40.5 Å². The van der Waals surface area contributed by atoms with Crippen molar-refractivity contribution in [2.75, 3.05) is 0 Å². The molecule has 0 aromatic carbocycles. The summed E-state index contributed by atoms with van der Waals surface area (Å²) in [6.45, 7) is -3.76. The number of aliphatic hydroxyl groups excluding tert-OH is 1. The maximum atomic E-state index is 10.4. The van der Waals surface area contributed by atoms with Gasteiger partial charge in [-0.25, -0.2) is 0 Å². The highest BCUT2D eigenvalue weighted by Gasteiger charge is 2.56. The summed E-state index contributed by atoms with van der Waals surface area (Å²) in [6, 6.07) is 0. The van der Waals surface area contributed by atoms with Crippen molar-refractivity contribution in [3.8, 4) is 0 Å². The summed E-state index contributed by atoms with van der Waals surface area (Å²) in [5.74, 6) is 0.230. The monoisotopic (exact) mass is 296 g/mol.